The molecule has 3 nitrogen and oxygen atoms in total. The number of ether oxygens (including phenoxy) is 1. The summed E-state index contributed by atoms with van der Waals surface area (Å²) in [7, 11) is 0. The molecule has 1 unspecified atom stereocenters. The van der Waals surface area contributed by atoms with Crippen LogP contribution in [0.25, 0.3) is 0 Å². The number of aliphatic hydroxyl groups is 1. The van der Waals surface area contributed by atoms with Gasteiger partial charge in [0.2, 0.25) is 0 Å². The van der Waals surface area contributed by atoms with Gasteiger partial charge in [0.1, 0.15) is 0 Å². The first-order chi connectivity index (χ1) is 8.34. The number of hydrogen-bond donors (Lipinski definition) is 1. The van der Waals surface area contributed by atoms with E-state index < -0.39 is 0 Å². The largest absolute Gasteiger partial charge is 0.393 e. The van der Waals surface area contributed by atoms with Crippen molar-refractivity contribution in [2.45, 2.75) is 38.2 Å². The molecule has 3 heteroatoms. The van der Waals surface area contributed by atoms with E-state index in [0.29, 0.717) is 5.92 Å². The third-order valence-electron chi connectivity index (χ3n) is 3.46. The molecule has 1 N–H and O–H groups in total. The van der Waals surface area contributed by atoms with Crippen LogP contribution in [-0.2, 0) is 11.2 Å². The number of hydrogen-bond acceptors (Lipinski definition) is 3. The van der Waals surface area contributed by atoms with Gasteiger partial charge < -0.3 is 9.84 Å². The Bertz CT molecular complexity index is 309. The summed E-state index contributed by atoms with van der Waals surface area (Å²) < 4.78 is 5.32. The van der Waals surface area contributed by atoms with E-state index in [0.717, 1.165) is 45.3 Å². The van der Waals surface area contributed by atoms with Gasteiger partial charge in [-0.25, -0.2) is 0 Å². The summed E-state index contributed by atoms with van der Waals surface area (Å²) in [5, 5.41) is 10.0. The molecule has 1 aliphatic rings. The fourth-order valence-corrected chi connectivity index (χ4v) is 2.37. The van der Waals surface area contributed by atoms with Gasteiger partial charge in [0, 0.05) is 25.6 Å². The molecule has 2 heterocycles. The van der Waals surface area contributed by atoms with Gasteiger partial charge in [0.25, 0.3) is 0 Å². The molecule has 0 amide bonds. The highest BCUT2D eigenvalue weighted by Crippen LogP contribution is 2.21. The lowest BCUT2D eigenvalue weighted by Gasteiger charge is -2.24. The minimum atomic E-state index is -0.175. The lowest BCUT2D eigenvalue weighted by molar-refractivity contribution is 0.0421. The van der Waals surface area contributed by atoms with Crippen LogP contribution in [0.1, 0.15) is 31.2 Å². The van der Waals surface area contributed by atoms with Gasteiger partial charge in [0.05, 0.1) is 6.10 Å². The molecule has 0 radical (unpaired) electrons. The van der Waals surface area contributed by atoms with E-state index in [1.165, 1.54) is 5.56 Å². The van der Waals surface area contributed by atoms with E-state index in [-0.39, 0.29) is 6.10 Å². The Kier molecular flexibility index (Phi) is 4.95. The van der Waals surface area contributed by atoms with Crippen LogP contribution < -0.4 is 0 Å². The van der Waals surface area contributed by atoms with Crippen LogP contribution in [0, 0.1) is 5.92 Å². The van der Waals surface area contributed by atoms with Crippen LogP contribution in [0.15, 0.2) is 24.5 Å². The summed E-state index contributed by atoms with van der Waals surface area (Å²) in [6.45, 7) is 1.73. The van der Waals surface area contributed by atoms with Crippen molar-refractivity contribution in [2.24, 2.45) is 5.92 Å². The zero-order chi connectivity index (χ0) is 11.9. The van der Waals surface area contributed by atoms with Crippen LogP contribution >= 0.6 is 0 Å². The van der Waals surface area contributed by atoms with Crippen molar-refractivity contribution >= 4 is 0 Å². The second kappa shape index (κ2) is 6.72. The fraction of sp³-hybridized carbons (Fsp3) is 0.643. The lowest BCUT2D eigenvalue weighted by atomic mass is 9.91. The minimum absolute atomic E-state index is 0.175. The summed E-state index contributed by atoms with van der Waals surface area (Å²) in [5.74, 6) is 0.649. The monoisotopic (exact) mass is 235 g/mol. The molecule has 1 aliphatic heterocycles. The summed E-state index contributed by atoms with van der Waals surface area (Å²) >= 11 is 0. The maximum atomic E-state index is 10.0. The van der Waals surface area contributed by atoms with Crippen LogP contribution in [-0.4, -0.2) is 29.4 Å². The molecule has 1 fully saturated rings. The Labute approximate surface area is 103 Å². The van der Waals surface area contributed by atoms with E-state index in [9.17, 15) is 5.11 Å². The molecule has 0 saturated carbocycles. The summed E-state index contributed by atoms with van der Waals surface area (Å²) in [5.41, 5.74) is 1.26. The Hall–Kier alpha value is -0.930. The van der Waals surface area contributed by atoms with Crippen molar-refractivity contribution in [3.63, 3.8) is 0 Å². The third kappa shape index (κ3) is 4.44. The molecule has 0 spiro atoms. The van der Waals surface area contributed by atoms with Crippen LogP contribution in [0.3, 0.4) is 0 Å². The number of aromatic nitrogens is 1. The molecule has 94 valence electrons. The normalized spacial score (nSPS) is 19.1. The van der Waals surface area contributed by atoms with Crippen molar-refractivity contribution in [1.29, 1.82) is 0 Å². The molecule has 17 heavy (non-hydrogen) atoms. The number of rotatable bonds is 5. The fourth-order valence-electron chi connectivity index (χ4n) is 2.37. The predicted molar refractivity (Wildman–Crippen MR) is 66.7 cm³/mol. The van der Waals surface area contributed by atoms with Gasteiger partial charge in [-0.3, -0.25) is 4.98 Å². The van der Waals surface area contributed by atoms with E-state index in [4.69, 9.17) is 4.74 Å². The van der Waals surface area contributed by atoms with Gasteiger partial charge in [-0.15, -0.1) is 0 Å². The van der Waals surface area contributed by atoms with E-state index in [1.54, 1.807) is 12.4 Å². The Balaban J connectivity index is 1.68. The molecule has 0 aliphatic carbocycles. The Morgan fingerprint density at radius 2 is 2.00 bits per heavy atom. The summed E-state index contributed by atoms with van der Waals surface area (Å²) in [6.07, 6.45) is 8.35. The van der Waals surface area contributed by atoms with E-state index in [1.807, 2.05) is 12.1 Å². The molecule has 0 aromatic carbocycles. The maximum Gasteiger partial charge on any atom is 0.0546 e. The van der Waals surface area contributed by atoms with Crippen molar-refractivity contribution in [2.75, 3.05) is 13.2 Å². The molecule has 2 rings (SSSR count). The molecule has 1 aromatic heterocycles. The minimum Gasteiger partial charge on any atom is -0.393 e. The van der Waals surface area contributed by atoms with Gasteiger partial charge in [-0.2, -0.15) is 0 Å². The summed E-state index contributed by atoms with van der Waals surface area (Å²) in [4.78, 5) is 3.99. The van der Waals surface area contributed by atoms with Gasteiger partial charge >= 0.3 is 0 Å². The third-order valence-corrected chi connectivity index (χ3v) is 3.46. The molecular weight excluding hydrogens is 214 g/mol. The Morgan fingerprint density at radius 3 is 2.71 bits per heavy atom. The SMILES string of the molecule is OC(CCc1ccncc1)CC1CCOCC1. The van der Waals surface area contributed by atoms with Crippen LogP contribution in [0.5, 0.6) is 0 Å². The maximum absolute atomic E-state index is 10.0. The molecule has 1 aromatic rings. The molecule has 0 bridgehead atoms. The standard InChI is InChI=1S/C14H21NO2/c16-14(11-13-5-9-17-10-6-13)2-1-12-3-7-15-8-4-12/h3-4,7-8,13-14,16H,1-2,5-6,9-11H2. The summed E-state index contributed by atoms with van der Waals surface area (Å²) in [6, 6.07) is 4.03. The molecular formula is C14H21NO2. The second-order valence-electron chi connectivity index (χ2n) is 4.84. The first kappa shape index (κ1) is 12.5. The second-order valence-corrected chi connectivity index (χ2v) is 4.84. The van der Waals surface area contributed by atoms with Crippen molar-refractivity contribution < 1.29 is 9.84 Å². The van der Waals surface area contributed by atoms with E-state index >= 15 is 0 Å². The lowest BCUT2D eigenvalue weighted by Crippen LogP contribution is -2.21. The number of aryl methyl sites for hydroxylation is 1. The van der Waals surface area contributed by atoms with Crippen molar-refractivity contribution in [3.05, 3.63) is 30.1 Å². The number of pyridine rings is 1. The first-order valence-corrected chi connectivity index (χ1v) is 6.49. The predicted octanol–water partition coefficient (Wildman–Crippen LogP) is 2.19. The van der Waals surface area contributed by atoms with Crippen LogP contribution in [0.2, 0.25) is 0 Å². The number of aliphatic hydroxyl groups excluding tert-OH is 1. The topological polar surface area (TPSA) is 42.4 Å². The van der Waals surface area contributed by atoms with E-state index in [2.05, 4.69) is 4.98 Å². The highest BCUT2D eigenvalue weighted by molar-refractivity contribution is 5.09. The highest BCUT2D eigenvalue weighted by Gasteiger charge is 2.17. The zero-order valence-electron chi connectivity index (χ0n) is 10.2. The smallest absolute Gasteiger partial charge is 0.0546 e. The first-order valence-electron chi connectivity index (χ1n) is 6.49. The highest BCUT2D eigenvalue weighted by atomic mass is 16.5. The van der Waals surface area contributed by atoms with Gasteiger partial charge in [-0.05, 0) is 55.7 Å². The average Bonchev–Trinajstić information content (AvgIpc) is 2.39. The van der Waals surface area contributed by atoms with Gasteiger partial charge in [0.15, 0.2) is 0 Å². The quantitative estimate of drug-likeness (QED) is 0.850. The van der Waals surface area contributed by atoms with Crippen molar-refractivity contribution in [3.8, 4) is 0 Å². The zero-order valence-corrected chi connectivity index (χ0v) is 10.2. The Morgan fingerprint density at radius 1 is 1.29 bits per heavy atom. The van der Waals surface area contributed by atoms with Gasteiger partial charge in [-0.1, -0.05) is 0 Å². The van der Waals surface area contributed by atoms with Crippen LogP contribution in [0.4, 0.5) is 0 Å². The average molecular weight is 235 g/mol. The molecule has 1 atom stereocenters. The molecule has 1 saturated heterocycles. The number of nitrogens with zero attached hydrogens (tertiary/aromatic N) is 1. The van der Waals surface area contributed by atoms with Crippen molar-refractivity contribution in [1.82, 2.24) is 4.98 Å².